The second-order valence-corrected chi connectivity index (χ2v) is 7.40. The highest BCUT2D eigenvalue weighted by atomic mass is 32.2. The molecular formula is C21H16F2N4OS. The van der Waals surface area contributed by atoms with E-state index in [4.69, 9.17) is 0 Å². The smallest absolute Gasteiger partial charge is 0.280 e. The molecule has 4 aromatic rings. The van der Waals surface area contributed by atoms with Gasteiger partial charge in [0, 0.05) is 15.5 Å². The first kappa shape index (κ1) is 19.1. The summed E-state index contributed by atoms with van der Waals surface area (Å²) in [6.45, 7) is 1.60. The molecule has 5 nitrogen and oxygen atoms in total. The maximum absolute atomic E-state index is 13.3. The number of nitrogens with zero attached hydrogens (tertiary/aromatic N) is 3. The number of amides is 1. The number of para-hydroxylation sites is 1. The average Bonchev–Trinajstić information content (AvgIpc) is 3.13. The number of carbonyl (C=O) groups excluding carboxylic acids is 1. The largest absolute Gasteiger partial charge is 0.321 e. The number of aromatic nitrogens is 3. The van der Waals surface area contributed by atoms with Gasteiger partial charge in [0.1, 0.15) is 11.3 Å². The monoisotopic (exact) mass is 410 g/mol. The summed E-state index contributed by atoms with van der Waals surface area (Å²) in [4.78, 5) is 19.0. The van der Waals surface area contributed by atoms with Gasteiger partial charge in [-0.1, -0.05) is 42.1 Å². The van der Waals surface area contributed by atoms with Crippen molar-refractivity contribution in [2.75, 3.05) is 5.32 Å². The second kappa shape index (κ2) is 8.00. The van der Waals surface area contributed by atoms with Gasteiger partial charge in [0.2, 0.25) is 0 Å². The van der Waals surface area contributed by atoms with Crippen LogP contribution in [0.3, 0.4) is 0 Å². The molecule has 0 unspecified atom stereocenters. The highest BCUT2D eigenvalue weighted by Crippen LogP contribution is 2.33. The van der Waals surface area contributed by atoms with Gasteiger partial charge in [0.25, 0.3) is 12.3 Å². The third-order valence-corrected chi connectivity index (χ3v) is 5.29. The van der Waals surface area contributed by atoms with Gasteiger partial charge >= 0.3 is 0 Å². The number of anilines is 1. The quantitative estimate of drug-likeness (QED) is 0.480. The summed E-state index contributed by atoms with van der Waals surface area (Å²) in [5, 5.41) is 6.79. The summed E-state index contributed by atoms with van der Waals surface area (Å²) >= 11 is 1.52. The third-order valence-electron chi connectivity index (χ3n) is 4.20. The number of benzene rings is 2. The summed E-state index contributed by atoms with van der Waals surface area (Å²) in [6.07, 6.45) is -1.46. The van der Waals surface area contributed by atoms with Gasteiger partial charge in [-0.25, -0.2) is 18.3 Å². The Labute approximate surface area is 169 Å². The maximum Gasteiger partial charge on any atom is 0.280 e. The van der Waals surface area contributed by atoms with Crippen molar-refractivity contribution in [2.45, 2.75) is 23.1 Å². The molecule has 2 aromatic carbocycles. The Bertz CT molecular complexity index is 1180. The normalized spacial score (nSPS) is 11.2. The van der Waals surface area contributed by atoms with Crippen LogP contribution in [0, 0.1) is 6.92 Å². The van der Waals surface area contributed by atoms with Gasteiger partial charge in [0.05, 0.1) is 11.9 Å². The van der Waals surface area contributed by atoms with Crippen molar-refractivity contribution in [3.63, 3.8) is 0 Å². The molecule has 8 heteroatoms. The SMILES string of the molecule is Cc1cc(C(F)F)n2ncc(C(=O)Nc3ccccc3Sc3ccccc3)c2n1. The number of alkyl halides is 2. The maximum atomic E-state index is 13.3. The first-order valence-electron chi connectivity index (χ1n) is 8.79. The van der Waals surface area contributed by atoms with Crippen LogP contribution >= 0.6 is 11.8 Å². The second-order valence-electron chi connectivity index (χ2n) is 6.28. The molecular weight excluding hydrogens is 394 g/mol. The van der Waals surface area contributed by atoms with E-state index in [1.54, 1.807) is 13.0 Å². The number of rotatable bonds is 5. The van der Waals surface area contributed by atoms with Crippen molar-refractivity contribution < 1.29 is 13.6 Å². The summed E-state index contributed by atoms with van der Waals surface area (Å²) < 4.78 is 27.6. The van der Waals surface area contributed by atoms with Crippen LogP contribution < -0.4 is 5.32 Å². The standard InChI is InChI=1S/C21H16F2N4OS/c1-13-11-17(19(22)23)27-20(25-13)15(12-24-27)21(28)26-16-9-5-6-10-18(16)29-14-7-3-2-4-8-14/h2-12,19H,1H3,(H,26,28). The van der Waals surface area contributed by atoms with Crippen LogP contribution in [0.25, 0.3) is 5.65 Å². The summed E-state index contributed by atoms with van der Waals surface area (Å²) in [5.74, 6) is -0.459. The van der Waals surface area contributed by atoms with E-state index in [-0.39, 0.29) is 16.9 Å². The van der Waals surface area contributed by atoms with Gasteiger partial charge in [-0.15, -0.1) is 0 Å². The predicted octanol–water partition coefficient (Wildman–Crippen LogP) is 5.38. The molecule has 1 amide bonds. The van der Waals surface area contributed by atoms with Crippen LogP contribution in [0.2, 0.25) is 0 Å². The Hall–Kier alpha value is -3.26. The Morgan fingerprint density at radius 2 is 1.83 bits per heavy atom. The lowest BCUT2D eigenvalue weighted by molar-refractivity contribution is 0.102. The summed E-state index contributed by atoms with van der Waals surface area (Å²) in [5.41, 5.74) is 0.947. The molecule has 0 aliphatic carbocycles. The van der Waals surface area contributed by atoms with E-state index >= 15 is 0 Å². The third kappa shape index (κ3) is 3.97. The van der Waals surface area contributed by atoms with E-state index in [9.17, 15) is 13.6 Å². The molecule has 0 aliphatic rings. The molecule has 29 heavy (non-hydrogen) atoms. The highest BCUT2D eigenvalue weighted by molar-refractivity contribution is 7.99. The fourth-order valence-corrected chi connectivity index (χ4v) is 3.82. The topological polar surface area (TPSA) is 59.3 Å². The molecule has 2 aromatic heterocycles. The molecule has 0 saturated heterocycles. The number of fused-ring (bicyclic) bond motifs is 1. The molecule has 0 radical (unpaired) electrons. The molecule has 2 heterocycles. The van der Waals surface area contributed by atoms with Crippen molar-refractivity contribution in [3.05, 3.63) is 83.8 Å². The van der Waals surface area contributed by atoms with E-state index < -0.39 is 12.3 Å². The number of aryl methyl sites for hydroxylation is 1. The van der Waals surface area contributed by atoms with Gasteiger partial charge in [0.15, 0.2) is 5.65 Å². The van der Waals surface area contributed by atoms with Crippen molar-refractivity contribution >= 4 is 29.0 Å². The van der Waals surface area contributed by atoms with Gasteiger partial charge in [-0.3, -0.25) is 4.79 Å². The van der Waals surface area contributed by atoms with Crippen LogP contribution in [0.1, 0.15) is 28.2 Å². The zero-order valence-corrected chi connectivity index (χ0v) is 16.2. The first-order chi connectivity index (χ1) is 14.0. The minimum atomic E-state index is -2.72. The molecule has 0 atom stereocenters. The predicted molar refractivity (Wildman–Crippen MR) is 108 cm³/mol. The lowest BCUT2D eigenvalue weighted by atomic mass is 10.2. The van der Waals surface area contributed by atoms with Crippen molar-refractivity contribution in [2.24, 2.45) is 0 Å². The zero-order valence-electron chi connectivity index (χ0n) is 15.3. The lowest BCUT2D eigenvalue weighted by Crippen LogP contribution is -2.13. The van der Waals surface area contributed by atoms with Gasteiger partial charge in [-0.05, 0) is 37.3 Å². The lowest BCUT2D eigenvalue weighted by Gasteiger charge is -2.10. The van der Waals surface area contributed by atoms with Gasteiger partial charge in [-0.2, -0.15) is 5.10 Å². The summed E-state index contributed by atoms with van der Waals surface area (Å²) in [7, 11) is 0. The first-order valence-corrected chi connectivity index (χ1v) is 9.61. The molecule has 4 rings (SSSR count). The van der Waals surface area contributed by atoms with E-state index in [1.165, 1.54) is 24.0 Å². The fourth-order valence-electron chi connectivity index (χ4n) is 2.89. The Morgan fingerprint density at radius 1 is 1.10 bits per heavy atom. The molecule has 1 N–H and O–H groups in total. The van der Waals surface area contributed by atoms with Crippen LogP contribution in [-0.2, 0) is 0 Å². The zero-order chi connectivity index (χ0) is 20.4. The van der Waals surface area contributed by atoms with E-state index in [0.29, 0.717) is 11.4 Å². The van der Waals surface area contributed by atoms with Crippen molar-refractivity contribution in [1.29, 1.82) is 0 Å². The van der Waals surface area contributed by atoms with Crippen molar-refractivity contribution in [1.82, 2.24) is 14.6 Å². The number of hydrogen-bond acceptors (Lipinski definition) is 4. The molecule has 0 fully saturated rings. The van der Waals surface area contributed by atoms with Crippen LogP contribution in [-0.4, -0.2) is 20.5 Å². The van der Waals surface area contributed by atoms with Crippen LogP contribution in [0.15, 0.2) is 76.7 Å². The average molecular weight is 410 g/mol. The Morgan fingerprint density at radius 3 is 2.59 bits per heavy atom. The molecule has 0 aliphatic heterocycles. The minimum absolute atomic E-state index is 0.103. The highest BCUT2D eigenvalue weighted by Gasteiger charge is 2.21. The molecule has 0 spiro atoms. The number of hydrogen-bond donors (Lipinski definition) is 1. The fraction of sp³-hybridized carbons (Fsp3) is 0.0952. The summed E-state index contributed by atoms with van der Waals surface area (Å²) in [6, 6.07) is 18.4. The Kier molecular flexibility index (Phi) is 5.26. The van der Waals surface area contributed by atoms with E-state index in [2.05, 4.69) is 15.4 Å². The molecule has 0 bridgehead atoms. The van der Waals surface area contributed by atoms with E-state index in [1.807, 2.05) is 48.5 Å². The number of nitrogens with one attached hydrogen (secondary N) is 1. The molecule has 0 saturated carbocycles. The van der Waals surface area contributed by atoms with Crippen LogP contribution in [0.5, 0.6) is 0 Å². The van der Waals surface area contributed by atoms with E-state index in [0.717, 1.165) is 14.3 Å². The number of carbonyl (C=O) groups is 1. The van der Waals surface area contributed by atoms with Gasteiger partial charge < -0.3 is 5.32 Å². The Balaban J connectivity index is 1.66. The minimum Gasteiger partial charge on any atom is -0.321 e. The van der Waals surface area contributed by atoms with Crippen molar-refractivity contribution in [3.8, 4) is 0 Å². The molecule has 146 valence electrons. The number of halogens is 2. The van der Waals surface area contributed by atoms with Crippen LogP contribution in [0.4, 0.5) is 14.5 Å².